The van der Waals surface area contributed by atoms with Gasteiger partial charge in [0.2, 0.25) is 11.8 Å². The first-order valence-corrected chi connectivity index (χ1v) is 8.73. The van der Waals surface area contributed by atoms with E-state index in [1.54, 1.807) is 12.0 Å². The van der Waals surface area contributed by atoms with E-state index in [2.05, 4.69) is 12.2 Å². The summed E-state index contributed by atoms with van der Waals surface area (Å²) in [6, 6.07) is 7.80. The van der Waals surface area contributed by atoms with E-state index in [9.17, 15) is 9.59 Å². The van der Waals surface area contributed by atoms with Crippen LogP contribution in [0.4, 0.5) is 0 Å². The average molecular weight is 332 g/mol. The number of nitrogens with one attached hydrogen (secondary N) is 1. The zero-order chi connectivity index (χ0) is 17.5. The van der Waals surface area contributed by atoms with E-state index in [1.165, 1.54) is 0 Å². The smallest absolute Gasteiger partial charge is 0.226 e. The van der Waals surface area contributed by atoms with Crippen molar-refractivity contribution < 1.29 is 14.3 Å². The van der Waals surface area contributed by atoms with E-state index in [0.717, 1.165) is 37.1 Å². The van der Waals surface area contributed by atoms with E-state index in [4.69, 9.17) is 4.74 Å². The summed E-state index contributed by atoms with van der Waals surface area (Å²) in [7, 11) is 3.47. The van der Waals surface area contributed by atoms with Crippen LogP contribution in [0.15, 0.2) is 24.3 Å². The number of methoxy groups -OCH3 is 1. The van der Waals surface area contributed by atoms with E-state index in [-0.39, 0.29) is 23.7 Å². The fraction of sp³-hybridized carbons (Fsp3) is 0.579. The molecule has 5 heteroatoms. The summed E-state index contributed by atoms with van der Waals surface area (Å²) in [5, 5.41) is 2.95. The second-order valence-corrected chi connectivity index (χ2v) is 6.41. The molecule has 1 fully saturated rings. The molecule has 1 saturated carbocycles. The molecule has 2 unspecified atom stereocenters. The van der Waals surface area contributed by atoms with E-state index >= 15 is 0 Å². The van der Waals surface area contributed by atoms with Gasteiger partial charge in [-0.2, -0.15) is 0 Å². The average Bonchev–Trinajstić information content (AvgIpc) is 3.40. The minimum absolute atomic E-state index is 0.00728. The number of rotatable bonds is 9. The predicted molar refractivity (Wildman–Crippen MR) is 93.8 cm³/mol. The number of hydrogen-bond donors (Lipinski definition) is 1. The molecule has 5 nitrogen and oxygen atoms in total. The van der Waals surface area contributed by atoms with Gasteiger partial charge in [0.05, 0.1) is 18.9 Å². The molecule has 0 spiro atoms. The van der Waals surface area contributed by atoms with E-state index in [1.807, 2.05) is 31.3 Å². The molecular formula is C19H28N2O3. The summed E-state index contributed by atoms with van der Waals surface area (Å²) in [4.78, 5) is 26.2. The Kier molecular flexibility index (Phi) is 6.64. The molecule has 0 aromatic heterocycles. The Balaban J connectivity index is 1.73. The van der Waals surface area contributed by atoms with Crippen LogP contribution in [-0.2, 0) is 16.0 Å². The molecule has 1 aromatic carbocycles. The summed E-state index contributed by atoms with van der Waals surface area (Å²) in [5.41, 5.74) is 1.07. The van der Waals surface area contributed by atoms with Crippen molar-refractivity contribution in [1.29, 1.82) is 0 Å². The topological polar surface area (TPSA) is 58.6 Å². The fourth-order valence-electron chi connectivity index (χ4n) is 2.91. The van der Waals surface area contributed by atoms with Gasteiger partial charge in [-0.1, -0.05) is 31.5 Å². The van der Waals surface area contributed by atoms with Gasteiger partial charge in [0, 0.05) is 20.1 Å². The molecule has 0 bridgehead atoms. The molecule has 1 aliphatic carbocycles. The van der Waals surface area contributed by atoms with Gasteiger partial charge in [-0.05, 0) is 30.9 Å². The molecule has 0 heterocycles. The van der Waals surface area contributed by atoms with Crippen molar-refractivity contribution in [1.82, 2.24) is 10.2 Å². The van der Waals surface area contributed by atoms with Crippen molar-refractivity contribution >= 4 is 11.8 Å². The van der Waals surface area contributed by atoms with Gasteiger partial charge >= 0.3 is 0 Å². The lowest BCUT2D eigenvalue weighted by molar-refractivity contribution is -0.133. The third-order valence-electron chi connectivity index (χ3n) is 4.55. The van der Waals surface area contributed by atoms with Crippen LogP contribution in [0.3, 0.4) is 0 Å². The Hall–Kier alpha value is -2.04. The van der Waals surface area contributed by atoms with Crippen LogP contribution in [0.2, 0.25) is 0 Å². The molecule has 2 amide bonds. The molecule has 0 saturated heterocycles. The van der Waals surface area contributed by atoms with Gasteiger partial charge in [-0.25, -0.2) is 0 Å². The molecule has 132 valence electrons. The quantitative estimate of drug-likeness (QED) is 0.754. The normalized spacial score (nSPS) is 18.8. The van der Waals surface area contributed by atoms with Crippen molar-refractivity contribution in [3.63, 3.8) is 0 Å². The summed E-state index contributed by atoms with van der Waals surface area (Å²) >= 11 is 0. The van der Waals surface area contributed by atoms with Crippen LogP contribution in [0.25, 0.3) is 0 Å². The fourth-order valence-corrected chi connectivity index (χ4v) is 2.91. The number of ether oxygens (including phenoxy) is 1. The maximum Gasteiger partial charge on any atom is 0.226 e. The first-order valence-electron chi connectivity index (χ1n) is 8.73. The van der Waals surface area contributed by atoms with Crippen LogP contribution < -0.4 is 10.1 Å². The molecular weight excluding hydrogens is 304 g/mol. The highest BCUT2D eigenvalue weighted by atomic mass is 16.5. The Morgan fingerprint density at radius 3 is 2.75 bits per heavy atom. The number of nitrogens with zero attached hydrogens (tertiary/aromatic N) is 1. The Bertz CT molecular complexity index is 573. The van der Waals surface area contributed by atoms with Crippen LogP contribution in [-0.4, -0.2) is 44.0 Å². The van der Waals surface area contributed by atoms with Crippen molar-refractivity contribution in [3.8, 4) is 5.75 Å². The molecule has 24 heavy (non-hydrogen) atoms. The maximum atomic E-state index is 12.2. The number of unbranched alkanes of at least 4 members (excludes halogenated alkanes) is 1. The molecule has 1 N–H and O–H groups in total. The van der Waals surface area contributed by atoms with Crippen molar-refractivity contribution in [2.75, 3.05) is 27.2 Å². The van der Waals surface area contributed by atoms with Crippen LogP contribution in [0.5, 0.6) is 5.75 Å². The largest absolute Gasteiger partial charge is 0.496 e. The third kappa shape index (κ3) is 4.73. The molecule has 0 radical (unpaired) electrons. The van der Waals surface area contributed by atoms with Crippen molar-refractivity contribution in [2.24, 2.45) is 11.8 Å². The second kappa shape index (κ2) is 8.71. The van der Waals surface area contributed by atoms with Gasteiger partial charge in [0.1, 0.15) is 5.75 Å². The van der Waals surface area contributed by atoms with Crippen LogP contribution in [0.1, 0.15) is 31.7 Å². The molecule has 1 aliphatic rings. The number of amides is 2. The highest BCUT2D eigenvalue weighted by Gasteiger charge is 2.48. The SMILES string of the molecule is CCCCN(C)C(=O)C1CC1C(=O)NCCc1ccccc1OC. The lowest BCUT2D eigenvalue weighted by Crippen LogP contribution is -2.32. The highest BCUT2D eigenvalue weighted by Crippen LogP contribution is 2.40. The first kappa shape index (κ1) is 18.3. The van der Waals surface area contributed by atoms with Gasteiger partial charge in [0.15, 0.2) is 0 Å². The lowest BCUT2D eigenvalue weighted by atomic mass is 10.1. The summed E-state index contributed by atoms with van der Waals surface area (Å²) in [6.45, 7) is 3.43. The zero-order valence-corrected chi connectivity index (χ0v) is 14.9. The summed E-state index contributed by atoms with van der Waals surface area (Å²) in [6.07, 6.45) is 3.47. The Labute approximate surface area is 144 Å². The summed E-state index contributed by atoms with van der Waals surface area (Å²) in [5.74, 6) is 0.654. The van der Waals surface area contributed by atoms with Gasteiger partial charge in [-0.15, -0.1) is 0 Å². The van der Waals surface area contributed by atoms with E-state index < -0.39 is 0 Å². The lowest BCUT2D eigenvalue weighted by Gasteiger charge is -2.16. The molecule has 0 aliphatic heterocycles. The number of carbonyl (C=O) groups excluding carboxylic acids is 2. The number of hydrogen-bond acceptors (Lipinski definition) is 3. The van der Waals surface area contributed by atoms with Gasteiger partial charge in [-0.3, -0.25) is 9.59 Å². The molecule has 2 atom stereocenters. The minimum atomic E-state index is -0.153. The standard InChI is InChI=1S/C19H28N2O3/c1-4-5-12-21(2)19(23)16-13-15(16)18(22)20-11-10-14-8-6-7-9-17(14)24-3/h6-9,15-16H,4-5,10-13H2,1-3H3,(H,20,22). The second-order valence-electron chi connectivity index (χ2n) is 6.41. The molecule has 2 rings (SSSR count). The Morgan fingerprint density at radius 1 is 1.29 bits per heavy atom. The van der Waals surface area contributed by atoms with Gasteiger partial charge in [0.25, 0.3) is 0 Å². The number of benzene rings is 1. The summed E-state index contributed by atoms with van der Waals surface area (Å²) < 4.78 is 5.31. The van der Waals surface area contributed by atoms with Crippen molar-refractivity contribution in [3.05, 3.63) is 29.8 Å². The van der Waals surface area contributed by atoms with Crippen LogP contribution in [0, 0.1) is 11.8 Å². The minimum Gasteiger partial charge on any atom is -0.496 e. The highest BCUT2D eigenvalue weighted by molar-refractivity contribution is 5.92. The van der Waals surface area contributed by atoms with Crippen LogP contribution >= 0.6 is 0 Å². The third-order valence-corrected chi connectivity index (χ3v) is 4.55. The first-order chi connectivity index (χ1) is 11.6. The number of para-hydroxylation sites is 1. The molecule has 1 aromatic rings. The van der Waals surface area contributed by atoms with Gasteiger partial charge < -0.3 is 15.0 Å². The number of carbonyl (C=O) groups is 2. The van der Waals surface area contributed by atoms with E-state index in [0.29, 0.717) is 13.0 Å². The zero-order valence-electron chi connectivity index (χ0n) is 14.9. The monoisotopic (exact) mass is 332 g/mol. The predicted octanol–water partition coefficient (Wildman–Crippen LogP) is 2.25. The maximum absolute atomic E-state index is 12.2. The Morgan fingerprint density at radius 2 is 2.04 bits per heavy atom. The van der Waals surface area contributed by atoms with Crippen molar-refractivity contribution in [2.45, 2.75) is 32.6 Å².